The Balaban J connectivity index is 5.20. The van der Waals surface area contributed by atoms with E-state index in [9.17, 15) is 19.2 Å². The van der Waals surface area contributed by atoms with Crippen LogP contribution in [0.1, 0.15) is 310 Å². The van der Waals surface area contributed by atoms with E-state index in [2.05, 4.69) is 49.4 Å². The van der Waals surface area contributed by atoms with Crippen molar-refractivity contribution < 1.29 is 38.1 Å². The standard InChI is InChI=1S/C73H143N3O8S12/c1-6-10-14-18-22-26-30-34-38-42-62-85-93-89-66-58-81-70(77)46-50-75(51-47-71(78)82-59-67-90-94-86-63-43-39-35-31-27-23-19-15-11-7-2)56-54-74(5)55-57-76(52-48-72(79)83-60-68-91-95-87-64-44-40-36-32-28-24-20-16-12-8-3)53-49-73(80)84-61-69-92-96-88-65-45-41-37-33-29-25-21-17-13-9-4/h6-69H2,1-5H3. The second-order valence-electron chi connectivity index (χ2n) is 25.4. The average Bonchev–Trinajstić information content (AvgIpc) is 3.29. The Bertz CT molecular complexity index is 1420. The molecule has 0 fully saturated rings. The van der Waals surface area contributed by atoms with Crippen molar-refractivity contribution in [2.24, 2.45) is 0 Å². The number of hydrogen-bond acceptors (Lipinski definition) is 23. The van der Waals surface area contributed by atoms with Crippen molar-refractivity contribution in [3.8, 4) is 0 Å². The van der Waals surface area contributed by atoms with E-state index >= 15 is 0 Å². The van der Waals surface area contributed by atoms with Gasteiger partial charge in [-0.05, 0) is 72.0 Å². The van der Waals surface area contributed by atoms with Gasteiger partial charge in [-0.25, -0.2) is 0 Å². The van der Waals surface area contributed by atoms with E-state index in [0.717, 1.165) is 46.0 Å². The van der Waals surface area contributed by atoms with E-state index in [4.69, 9.17) is 18.9 Å². The number of unbranched alkanes of at least 4 members (excludes halogenated alkanes) is 36. The van der Waals surface area contributed by atoms with Crippen molar-refractivity contribution in [3.05, 3.63) is 0 Å². The molecule has 0 bridgehead atoms. The molecule has 0 aliphatic carbocycles. The van der Waals surface area contributed by atoms with Gasteiger partial charge in [-0.3, -0.25) is 19.2 Å². The SMILES string of the molecule is CCCCCCCCCCCCSSSCCOC(=O)CCN(CCC(=O)OCCSSSCCCCCCCCCCCC)CCN(C)CCN(CCC(=O)OCCSSSCCCCCCCCCCCC)CCC(=O)OCCSSSCCCCCCCCCCCC. The fraction of sp³-hybridized carbons (Fsp3) is 0.945. The fourth-order valence-electron chi connectivity index (χ4n) is 10.5. The van der Waals surface area contributed by atoms with Crippen LogP contribution in [-0.2, 0) is 38.1 Å². The van der Waals surface area contributed by atoms with Crippen LogP contribution in [0, 0.1) is 0 Å². The first-order valence-electron chi connectivity index (χ1n) is 38.7. The molecule has 0 rings (SSSR count). The zero-order valence-corrected chi connectivity index (χ0v) is 71.6. The molecule has 0 N–H and O–H groups in total. The summed E-state index contributed by atoms with van der Waals surface area (Å²) in [6.45, 7) is 15.3. The molecule has 0 aliphatic heterocycles. The molecule has 0 radical (unpaired) electrons. The Morgan fingerprint density at radius 1 is 0.229 bits per heavy atom. The molecule has 0 aromatic carbocycles. The third-order valence-electron chi connectivity index (χ3n) is 16.6. The van der Waals surface area contributed by atoms with Crippen molar-refractivity contribution in [3.63, 3.8) is 0 Å². The molecular formula is C73H143N3O8S12. The number of ether oxygens (including phenoxy) is 4. The van der Waals surface area contributed by atoms with Gasteiger partial charge in [-0.2, -0.15) is 0 Å². The summed E-state index contributed by atoms with van der Waals surface area (Å²) in [4.78, 5) is 58.8. The first-order chi connectivity index (χ1) is 47.2. The van der Waals surface area contributed by atoms with E-state index in [1.807, 2.05) is 43.2 Å². The number of carbonyl (C=O) groups is 4. The number of carbonyl (C=O) groups excluding carboxylic acids is 4. The maximum Gasteiger partial charge on any atom is 0.307 e. The number of esters is 4. The van der Waals surface area contributed by atoms with Crippen LogP contribution in [0.15, 0.2) is 0 Å². The van der Waals surface area contributed by atoms with Crippen LogP contribution in [0.4, 0.5) is 0 Å². The van der Waals surface area contributed by atoms with Crippen LogP contribution in [0.25, 0.3) is 0 Å². The van der Waals surface area contributed by atoms with Crippen molar-refractivity contribution >= 4 is 150 Å². The summed E-state index contributed by atoms with van der Waals surface area (Å²) in [6, 6.07) is 0. The lowest BCUT2D eigenvalue weighted by Crippen LogP contribution is -2.40. The highest BCUT2D eigenvalue weighted by Gasteiger charge is 2.17. The molecule has 0 spiro atoms. The lowest BCUT2D eigenvalue weighted by molar-refractivity contribution is -0.145. The maximum absolute atomic E-state index is 13.1. The zero-order valence-electron chi connectivity index (χ0n) is 61.8. The molecule has 0 aromatic heterocycles. The second kappa shape index (κ2) is 84.2. The molecule has 570 valence electrons. The average molecular weight is 1580 g/mol. The molecule has 0 saturated carbocycles. The minimum absolute atomic E-state index is 0.217. The molecule has 23 heteroatoms. The highest BCUT2D eigenvalue weighted by molar-refractivity contribution is 9.10. The second-order valence-corrected chi connectivity index (χ2v) is 43.3. The van der Waals surface area contributed by atoms with Gasteiger partial charge >= 0.3 is 23.9 Å². The Morgan fingerprint density at radius 2 is 0.406 bits per heavy atom. The summed E-state index contributed by atoms with van der Waals surface area (Å²) >= 11 is 0. The Kier molecular flexibility index (Phi) is 85.9. The summed E-state index contributed by atoms with van der Waals surface area (Å²) in [5, 5.41) is 0. The normalized spacial score (nSPS) is 11.7. The number of rotatable bonds is 82. The van der Waals surface area contributed by atoms with Crippen molar-refractivity contribution in [2.45, 2.75) is 310 Å². The van der Waals surface area contributed by atoms with Crippen LogP contribution in [0.5, 0.6) is 0 Å². The third-order valence-corrected chi connectivity index (χ3v) is 33.7. The Hall–Kier alpha value is 1.96. The van der Waals surface area contributed by atoms with Gasteiger partial charge in [0.05, 0.1) is 25.7 Å². The smallest absolute Gasteiger partial charge is 0.307 e. The number of nitrogens with zero attached hydrogens (tertiary/aromatic N) is 3. The minimum Gasteiger partial charge on any atom is -0.465 e. The molecule has 0 saturated heterocycles. The summed E-state index contributed by atoms with van der Waals surface area (Å²) in [7, 11) is 23.9. The minimum atomic E-state index is -0.217. The zero-order chi connectivity index (χ0) is 69.6. The number of hydrogen-bond donors (Lipinski definition) is 0. The van der Waals surface area contributed by atoms with Crippen LogP contribution in [-0.4, -0.2) is 170 Å². The summed E-state index contributed by atoms with van der Waals surface area (Å²) in [5.41, 5.74) is 0. The quantitative estimate of drug-likeness (QED) is 0.0249. The van der Waals surface area contributed by atoms with Crippen LogP contribution in [0.3, 0.4) is 0 Å². The lowest BCUT2D eigenvalue weighted by atomic mass is 10.1. The van der Waals surface area contributed by atoms with Crippen molar-refractivity contribution in [1.82, 2.24) is 14.7 Å². The van der Waals surface area contributed by atoms with E-state index in [0.29, 0.717) is 78.8 Å². The highest BCUT2D eigenvalue weighted by Crippen LogP contribution is 2.37. The van der Waals surface area contributed by atoms with Gasteiger partial charge in [0, 0.05) is 98.4 Å². The summed E-state index contributed by atoms with van der Waals surface area (Å²) in [6.07, 6.45) is 55.0. The molecule has 0 amide bonds. The van der Waals surface area contributed by atoms with Gasteiger partial charge in [0.25, 0.3) is 0 Å². The van der Waals surface area contributed by atoms with Gasteiger partial charge in [0.15, 0.2) is 0 Å². The molecule has 96 heavy (non-hydrogen) atoms. The molecule has 0 atom stereocenters. The maximum atomic E-state index is 13.1. The lowest BCUT2D eigenvalue weighted by Gasteiger charge is -2.27. The Labute approximate surface area is 638 Å². The molecule has 0 heterocycles. The van der Waals surface area contributed by atoms with Gasteiger partial charge in [0.1, 0.15) is 26.4 Å². The first-order valence-corrected chi connectivity index (χ1v) is 53.9. The molecule has 0 aromatic rings. The topological polar surface area (TPSA) is 115 Å². The Morgan fingerprint density at radius 3 is 0.604 bits per heavy atom. The van der Waals surface area contributed by atoms with Crippen LogP contribution < -0.4 is 0 Å². The van der Waals surface area contributed by atoms with Gasteiger partial charge in [0.2, 0.25) is 0 Å². The molecule has 0 aliphatic rings. The van der Waals surface area contributed by atoms with Crippen molar-refractivity contribution in [2.75, 3.05) is 132 Å². The van der Waals surface area contributed by atoms with E-state index in [1.54, 1.807) is 82.5 Å². The first kappa shape index (κ1) is 98.0. The fourth-order valence-corrected chi connectivity index (χ4v) is 25.2. The van der Waals surface area contributed by atoms with Gasteiger partial charge in [-0.1, -0.05) is 345 Å². The molecule has 0 unspecified atom stereocenters. The third kappa shape index (κ3) is 80.1. The summed E-state index contributed by atoms with van der Waals surface area (Å²) in [5.74, 6) is 6.78. The predicted octanol–water partition coefficient (Wildman–Crippen LogP) is 25.1. The monoisotopic (exact) mass is 1570 g/mol. The van der Waals surface area contributed by atoms with E-state index in [-0.39, 0.29) is 49.6 Å². The molecular weight excluding hydrogens is 1430 g/mol. The van der Waals surface area contributed by atoms with Crippen LogP contribution in [0.2, 0.25) is 0 Å². The largest absolute Gasteiger partial charge is 0.465 e. The number of likely N-dealkylation sites (N-methyl/N-ethyl adjacent to an activating group) is 1. The summed E-state index contributed by atoms with van der Waals surface area (Å²) < 4.78 is 22.7. The van der Waals surface area contributed by atoms with Crippen molar-refractivity contribution in [1.29, 1.82) is 0 Å². The van der Waals surface area contributed by atoms with Gasteiger partial charge in [-0.15, -0.1) is 0 Å². The predicted molar refractivity (Wildman–Crippen MR) is 450 cm³/mol. The van der Waals surface area contributed by atoms with E-state index in [1.165, 1.54) is 257 Å². The van der Waals surface area contributed by atoms with Gasteiger partial charge < -0.3 is 33.6 Å². The van der Waals surface area contributed by atoms with E-state index < -0.39 is 0 Å². The highest BCUT2D eigenvalue weighted by atomic mass is 33.5. The van der Waals surface area contributed by atoms with Crippen LogP contribution >= 0.6 is 126 Å². The molecule has 11 nitrogen and oxygen atoms in total.